The molecule has 5 aromatic rings. The largest absolute Gasteiger partial charge is 0.269 e. The molecule has 0 atom stereocenters. The van der Waals surface area contributed by atoms with Crippen molar-refractivity contribution in [2.45, 2.75) is 24.8 Å². The first-order chi connectivity index (χ1) is 15.9. The maximum Gasteiger partial charge on any atom is 0.266 e. The molecule has 8 heteroatoms. The second-order valence-corrected chi connectivity index (χ2v) is 9.04. The number of hydrogen-bond acceptors (Lipinski definition) is 5. The lowest BCUT2D eigenvalue weighted by molar-refractivity contribution is 0.814. The van der Waals surface area contributed by atoms with Crippen LogP contribution in [0.2, 0.25) is 5.02 Å². The highest BCUT2D eigenvalue weighted by molar-refractivity contribution is 7.98. The topological polar surface area (TPSA) is 69.3 Å². The first kappa shape index (κ1) is 21.4. The standard InChI is InChI=1S/C25H19ClN4O2S/c1-15-7-6-12-29-22(31)13-17(27-23(15)29)14-33-25-28-20-10-4-3-8-18(20)24(32)30(25)21-11-5-9-19(26)16(21)2/h3-13H,14H2,1-2H3. The molecule has 5 rings (SSSR count). The van der Waals surface area contributed by atoms with Crippen LogP contribution in [0.25, 0.3) is 22.2 Å². The van der Waals surface area contributed by atoms with Gasteiger partial charge in [-0.25, -0.2) is 9.97 Å². The normalized spacial score (nSPS) is 11.4. The van der Waals surface area contributed by atoms with Crippen LogP contribution in [-0.4, -0.2) is 18.9 Å². The third-order valence-corrected chi connectivity index (χ3v) is 6.89. The third kappa shape index (κ3) is 3.83. The van der Waals surface area contributed by atoms with Gasteiger partial charge in [-0.1, -0.05) is 47.6 Å². The summed E-state index contributed by atoms with van der Waals surface area (Å²) in [5.41, 5.74) is 3.92. The van der Waals surface area contributed by atoms with Crippen molar-refractivity contribution < 1.29 is 0 Å². The maximum atomic E-state index is 13.5. The highest BCUT2D eigenvalue weighted by Crippen LogP contribution is 2.28. The Morgan fingerprint density at radius 3 is 2.64 bits per heavy atom. The number of aryl methyl sites for hydroxylation is 1. The molecule has 0 amide bonds. The molecule has 0 saturated heterocycles. The molecule has 0 aliphatic heterocycles. The first-order valence-electron chi connectivity index (χ1n) is 10.3. The fourth-order valence-corrected chi connectivity index (χ4v) is 4.85. The predicted molar refractivity (Wildman–Crippen MR) is 133 cm³/mol. The Kier molecular flexibility index (Phi) is 5.52. The van der Waals surface area contributed by atoms with E-state index in [1.807, 2.05) is 56.3 Å². The van der Waals surface area contributed by atoms with E-state index >= 15 is 0 Å². The summed E-state index contributed by atoms with van der Waals surface area (Å²) in [5, 5.41) is 1.61. The minimum atomic E-state index is -0.171. The fraction of sp³-hybridized carbons (Fsp3) is 0.120. The first-order valence-corrected chi connectivity index (χ1v) is 11.7. The molecule has 0 radical (unpaired) electrons. The van der Waals surface area contributed by atoms with E-state index in [4.69, 9.17) is 16.6 Å². The number of aromatic nitrogens is 4. The number of hydrogen-bond donors (Lipinski definition) is 0. The zero-order valence-electron chi connectivity index (χ0n) is 17.9. The number of nitrogens with zero attached hydrogens (tertiary/aromatic N) is 4. The van der Waals surface area contributed by atoms with Crippen LogP contribution in [0.1, 0.15) is 16.8 Å². The van der Waals surface area contributed by atoms with Crippen LogP contribution >= 0.6 is 23.4 Å². The molecule has 0 aliphatic rings. The summed E-state index contributed by atoms with van der Waals surface area (Å²) in [6, 6.07) is 18.0. The highest BCUT2D eigenvalue weighted by Gasteiger charge is 2.16. The average molecular weight is 475 g/mol. The van der Waals surface area contributed by atoms with Crippen molar-refractivity contribution in [3.05, 3.63) is 109 Å². The van der Waals surface area contributed by atoms with E-state index in [1.165, 1.54) is 22.2 Å². The molecular formula is C25H19ClN4O2S. The average Bonchev–Trinajstić information content (AvgIpc) is 2.81. The number of pyridine rings is 1. The van der Waals surface area contributed by atoms with E-state index < -0.39 is 0 Å². The van der Waals surface area contributed by atoms with Crippen molar-refractivity contribution in [2.75, 3.05) is 0 Å². The summed E-state index contributed by atoms with van der Waals surface area (Å²) < 4.78 is 3.12. The molecule has 0 aliphatic carbocycles. The highest BCUT2D eigenvalue weighted by atomic mass is 35.5. The van der Waals surface area contributed by atoms with Gasteiger partial charge in [0.25, 0.3) is 11.1 Å². The van der Waals surface area contributed by atoms with E-state index in [2.05, 4.69) is 4.98 Å². The zero-order valence-corrected chi connectivity index (χ0v) is 19.5. The summed E-state index contributed by atoms with van der Waals surface area (Å²) in [6.45, 7) is 3.80. The van der Waals surface area contributed by atoms with Crippen molar-refractivity contribution >= 4 is 39.9 Å². The predicted octanol–water partition coefficient (Wildman–Crippen LogP) is 4.96. The SMILES string of the molecule is Cc1c(Cl)cccc1-n1c(SCc2cc(=O)n3cccc(C)c3n2)nc2ccccc2c1=O. The van der Waals surface area contributed by atoms with Gasteiger partial charge in [0, 0.05) is 23.0 Å². The molecular weight excluding hydrogens is 456 g/mol. The van der Waals surface area contributed by atoms with E-state index in [1.54, 1.807) is 22.9 Å². The zero-order chi connectivity index (χ0) is 23.1. The quantitative estimate of drug-likeness (QED) is 0.272. The number of rotatable bonds is 4. The van der Waals surface area contributed by atoms with E-state index in [9.17, 15) is 9.59 Å². The van der Waals surface area contributed by atoms with Crippen LogP contribution in [0.5, 0.6) is 0 Å². The molecule has 33 heavy (non-hydrogen) atoms. The van der Waals surface area contributed by atoms with Crippen LogP contribution in [0.4, 0.5) is 0 Å². The minimum Gasteiger partial charge on any atom is -0.269 e. The molecule has 6 nitrogen and oxygen atoms in total. The molecule has 0 unspecified atom stereocenters. The van der Waals surface area contributed by atoms with Crippen molar-refractivity contribution in [1.29, 1.82) is 0 Å². The number of halogens is 1. The molecule has 0 N–H and O–H groups in total. The van der Waals surface area contributed by atoms with Crippen molar-refractivity contribution in [3.8, 4) is 5.69 Å². The lowest BCUT2D eigenvalue weighted by Gasteiger charge is -2.16. The van der Waals surface area contributed by atoms with Crippen LogP contribution in [0, 0.1) is 13.8 Å². The Balaban J connectivity index is 1.65. The van der Waals surface area contributed by atoms with Crippen LogP contribution < -0.4 is 11.1 Å². The van der Waals surface area contributed by atoms with Gasteiger partial charge in [0.2, 0.25) is 0 Å². The van der Waals surface area contributed by atoms with Crippen LogP contribution in [-0.2, 0) is 5.75 Å². The molecule has 164 valence electrons. The lowest BCUT2D eigenvalue weighted by atomic mass is 10.2. The number of thioether (sulfide) groups is 1. The van der Waals surface area contributed by atoms with Crippen molar-refractivity contribution in [3.63, 3.8) is 0 Å². The molecule has 2 aromatic carbocycles. The van der Waals surface area contributed by atoms with Gasteiger partial charge >= 0.3 is 0 Å². The van der Waals surface area contributed by atoms with Gasteiger partial charge in [-0.05, 0) is 55.3 Å². The summed E-state index contributed by atoms with van der Waals surface area (Å²) in [4.78, 5) is 35.5. The Morgan fingerprint density at radius 1 is 0.970 bits per heavy atom. The van der Waals surface area contributed by atoms with Crippen molar-refractivity contribution in [1.82, 2.24) is 18.9 Å². The lowest BCUT2D eigenvalue weighted by Crippen LogP contribution is -2.22. The maximum absolute atomic E-state index is 13.5. The second-order valence-electron chi connectivity index (χ2n) is 7.70. The van der Waals surface area contributed by atoms with E-state index in [0.29, 0.717) is 43.9 Å². The Bertz CT molecular complexity index is 1660. The number of fused-ring (bicyclic) bond motifs is 2. The summed E-state index contributed by atoms with van der Waals surface area (Å²) in [5.74, 6) is 0.379. The third-order valence-electron chi connectivity index (χ3n) is 5.51. The summed E-state index contributed by atoms with van der Waals surface area (Å²) >= 11 is 7.72. The Labute approximate surface area is 198 Å². The molecule has 0 saturated carbocycles. The van der Waals surface area contributed by atoms with Crippen LogP contribution in [0.15, 0.2) is 81.6 Å². The Morgan fingerprint density at radius 2 is 1.79 bits per heavy atom. The molecule has 0 bridgehead atoms. The number of benzene rings is 2. The smallest absolute Gasteiger partial charge is 0.266 e. The number of para-hydroxylation sites is 1. The molecule has 3 aromatic heterocycles. The van der Waals surface area contributed by atoms with Gasteiger partial charge in [0.05, 0.1) is 22.3 Å². The fourth-order valence-electron chi connectivity index (χ4n) is 3.78. The van der Waals surface area contributed by atoms with Gasteiger partial charge in [-0.2, -0.15) is 0 Å². The van der Waals surface area contributed by atoms with Crippen molar-refractivity contribution in [2.24, 2.45) is 0 Å². The van der Waals surface area contributed by atoms with Crippen LogP contribution in [0.3, 0.4) is 0 Å². The summed E-state index contributed by atoms with van der Waals surface area (Å²) in [7, 11) is 0. The van der Waals surface area contributed by atoms with E-state index in [-0.39, 0.29) is 11.1 Å². The minimum absolute atomic E-state index is 0.145. The van der Waals surface area contributed by atoms with Gasteiger partial charge < -0.3 is 0 Å². The summed E-state index contributed by atoms with van der Waals surface area (Å²) in [6.07, 6.45) is 1.71. The van der Waals surface area contributed by atoms with Gasteiger partial charge in [0.1, 0.15) is 5.65 Å². The van der Waals surface area contributed by atoms with E-state index in [0.717, 1.165) is 11.1 Å². The van der Waals surface area contributed by atoms with Gasteiger partial charge in [-0.15, -0.1) is 0 Å². The molecule has 0 spiro atoms. The second kappa shape index (κ2) is 8.50. The molecule has 0 fully saturated rings. The Hall–Kier alpha value is -3.42. The van der Waals surface area contributed by atoms with Gasteiger partial charge in [0.15, 0.2) is 5.16 Å². The monoisotopic (exact) mass is 474 g/mol. The van der Waals surface area contributed by atoms with Gasteiger partial charge in [-0.3, -0.25) is 18.6 Å². The molecule has 3 heterocycles.